The van der Waals surface area contributed by atoms with Gasteiger partial charge in [-0.3, -0.25) is 9.59 Å². The van der Waals surface area contributed by atoms with Crippen molar-refractivity contribution >= 4 is 40.9 Å². The van der Waals surface area contributed by atoms with Gasteiger partial charge in [-0.15, -0.1) is 0 Å². The van der Waals surface area contributed by atoms with E-state index in [1.165, 1.54) is 6.08 Å². The predicted octanol–water partition coefficient (Wildman–Crippen LogP) is 5.92. The van der Waals surface area contributed by atoms with E-state index < -0.39 is 5.91 Å². The summed E-state index contributed by atoms with van der Waals surface area (Å²) in [5, 5.41) is 15.4. The Morgan fingerprint density at radius 1 is 0.972 bits per heavy atom. The first-order valence-electron chi connectivity index (χ1n) is 11.2. The normalized spacial score (nSPS) is 10.8. The van der Waals surface area contributed by atoms with Crippen molar-refractivity contribution in [3.8, 4) is 17.6 Å². The second-order valence-electron chi connectivity index (χ2n) is 7.90. The predicted molar refractivity (Wildman–Crippen MR) is 141 cm³/mol. The first-order chi connectivity index (χ1) is 17.3. The number of aryl methyl sites for hydroxylation is 2. The molecule has 8 heteroatoms. The van der Waals surface area contributed by atoms with Gasteiger partial charge < -0.3 is 20.1 Å². The summed E-state index contributed by atoms with van der Waals surface area (Å²) in [6, 6.07) is 19.4. The van der Waals surface area contributed by atoms with Gasteiger partial charge >= 0.3 is 0 Å². The summed E-state index contributed by atoms with van der Waals surface area (Å²) < 4.78 is 11.4. The van der Waals surface area contributed by atoms with Crippen molar-refractivity contribution in [2.45, 2.75) is 20.8 Å². The van der Waals surface area contributed by atoms with Gasteiger partial charge in [-0.25, -0.2) is 0 Å². The largest absolute Gasteiger partial charge is 0.490 e. The van der Waals surface area contributed by atoms with Gasteiger partial charge in [0.1, 0.15) is 11.6 Å². The number of carbonyl (C=O) groups is 2. The lowest BCUT2D eigenvalue weighted by Gasteiger charge is -2.14. The van der Waals surface area contributed by atoms with Crippen LogP contribution in [0.2, 0.25) is 5.02 Å². The molecule has 3 aromatic carbocycles. The molecule has 0 aliphatic carbocycles. The SMILES string of the molecule is CCOc1cc(/C=C(\C#N)C(=O)Nc2ccccc2Cl)ccc1OCC(=O)Nc1cc(C)ccc1C. The molecule has 184 valence electrons. The van der Waals surface area contributed by atoms with Crippen LogP contribution in [0.4, 0.5) is 11.4 Å². The molecule has 2 N–H and O–H groups in total. The van der Waals surface area contributed by atoms with Gasteiger partial charge in [0.25, 0.3) is 11.8 Å². The molecule has 0 bridgehead atoms. The molecule has 0 aliphatic heterocycles. The van der Waals surface area contributed by atoms with Crippen LogP contribution >= 0.6 is 11.6 Å². The molecule has 0 heterocycles. The van der Waals surface area contributed by atoms with Gasteiger partial charge in [0.05, 0.1) is 17.3 Å². The molecule has 2 amide bonds. The van der Waals surface area contributed by atoms with Gasteiger partial charge in [-0.2, -0.15) is 5.26 Å². The topological polar surface area (TPSA) is 100 Å². The number of anilines is 2. The van der Waals surface area contributed by atoms with E-state index in [1.54, 1.807) is 42.5 Å². The number of halogens is 1. The molecule has 0 atom stereocenters. The fourth-order valence-corrected chi connectivity index (χ4v) is 3.45. The Balaban J connectivity index is 1.73. The molecule has 3 rings (SSSR count). The van der Waals surface area contributed by atoms with E-state index in [9.17, 15) is 14.9 Å². The molecule has 0 saturated heterocycles. The Labute approximate surface area is 215 Å². The highest BCUT2D eigenvalue weighted by molar-refractivity contribution is 6.34. The third-order valence-electron chi connectivity index (χ3n) is 5.09. The molecule has 36 heavy (non-hydrogen) atoms. The fraction of sp³-hybridized carbons (Fsp3) is 0.179. The highest BCUT2D eigenvalue weighted by Gasteiger charge is 2.14. The minimum atomic E-state index is -0.591. The molecule has 0 unspecified atom stereocenters. The van der Waals surface area contributed by atoms with Crippen LogP contribution < -0.4 is 20.1 Å². The van der Waals surface area contributed by atoms with E-state index in [4.69, 9.17) is 21.1 Å². The minimum Gasteiger partial charge on any atom is -0.490 e. The average Bonchev–Trinajstić information content (AvgIpc) is 2.85. The fourth-order valence-electron chi connectivity index (χ4n) is 3.27. The lowest BCUT2D eigenvalue weighted by Crippen LogP contribution is -2.21. The summed E-state index contributed by atoms with van der Waals surface area (Å²) in [5.41, 5.74) is 3.56. The van der Waals surface area contributed by atoms with Crippen molar-refractivity contribution in [2.24, 2.45) is 0 Å². The molecule has 0 aliphatic rings. The Morgan fingerprint density at radius 2 is 1.75 bits per heavy atom. The third-order valence-corrected chi connectivity index (χ3v) is 5.42. The van der Waals surface area contributed by atoms with Crippen LogP contribution in [0.3, 0.4) is 0 Å². The Kier molecular flexibility index (Phi) is 9.09. The maximum Gasteiger partial charge on any atom is 0.266 e. The van der Waals surface area contributed by atoms with Crippen LogP contribution in [0, 0.1) is 25.2 Å². The van der Waals surface area contributed by atoms with Crippen LogP contribution in [0.1, 0.15) is 23.6 Å². The quantitative estimate of drug-likeness (QED) is 0.279. The standard InChI is InChI=1S/C28H26ClN3O4/c1-4-35-26-15-20(14-21(16-30)28(34)32-23-8-6-5-7-22(23)29)11-12-25(26)36-17-27(33)31-24-13-18(2)9-10-19(24)3/h5-15H,4,17H2,1-3H3,(H,31,33)(H,32,34)/b21-14+. The van der Waals surface area contributed by atoms with E-state index in [2.05, 4.69) is 10.6 Å². The zero-order chi connectivity index (χ0) is 26.1. The summed E-state index contributed by atoms with van der Waals surface area (Å²) in [4.78, 5) is 25.0. The molecule has 0 radical (unpaired) electrons. The van der Waals surface area contributed by atoms with E-state index in [0.29, 0.717) is 34.4 Å². The van der Waals surface area contributed by atoms with Crippen LogP contribution in [-0.4, -0.2) is 25.0 Å². The highest BCUT2D eigenvalue weighted by atomic mass is 35.5. The highest BCUT2D eigenvalue weighted by Crippen LogP contribution is 2.30. The number of benzene rings is 3. The van der Waals surface area contributed by atoms with Gasteiger partial charge in [0.15, 0.2) is 18.1 Å². The number of nitrogens with one attached hydrogen (secondary N) is 2. The maximum absolute atomic E-state index is 12.6. The molecule has 7 nitrogen and oxygen atoms in total. The Morgan fingerprint density at radius 3 is 2.47 bits per heavy atom. The van der Waals surface area contributed by atoms with Crippen molar-refractivity contribution in [3.05, 3.63) is 87.9 Å². The number of rotatable bonds is 9. The molecule has 3 aromatic rings. The number of para-hydroxylation sites is 1. The number of carbonyl (C=O) groups excluding carboxylic acids is 2. The number of hydrogen-bond acceptors (Lipinski definition) is 5. The van der Waals surface area contributed by atoms with Gasteiger partial charge in [-0.05, 0) is 73.9 Å². The van der Waals surface area contributed by atoms with Crippen molar-refractivity contribution < 1.29 is 19.1 Å². The number of amides is 2. The summed E-state index contributed by atoms with van der Waals surface area (Å²) in [7, 11) is 0. The zero-order valence-electron chi connectivity index (χ0n) is 20.2. The minimum absolute atomic E-state index is 0.112. The Hall–Kier alpha value is -4.28. The third kappa shape index (κ3) is 7.11. The first kappa shape index (κ1) is 26.3. The summed E-state index contributed by atoms with van der Waals surface area (Å²) >= 11 is 6.09. The molecule has 0 aromatic heterocycles. The Bertz CT molecular complexity index is 1340. The van der Waals surface area contributed by atoms with Gasteiger partial charge in [-0.1, -0.05) is 41.9 Å². The lowest BCUT2D eigenvalue weighted by molar-refractivity contribution is -0.118. The molecule has 0 spiro atoms. The van der Waals surface area contributed by atoms with Crippen LogP contribution in [-0.2, 0) is 9.59 Å². The maximum atomic E-state index is 12.6. The van der Waals surface area contributed by atoms with E-state index in [-0.39, 0.29) is 18.1 Å². The molecular weight excluding hydrogens is 478 g/mol. The summed E-state index contributed by atoms with van der Waals surface area (Å²) in [6.07, 6.45) is 1.44. The van der Waals surface area contributed by atoms with Crippen LogP contribution in [0.5, 0.6) is 11.5 Å². The van der Waals surface area contributed by atoms with E-state index in [1.807, 2.05) is 45.0 Å². The molecule has 0 fully saturated rings. The second kappa shape index (κ2) is 12.4. The number of ether oxygens (including phenoxy) is 2. The van der Waals surface area contributed by atoms with Crippen molar-refractivity contribution in [1.82, 2.24) is 0 Å². The smallest absolute Gasteiger partial charge is 0.266 e. The average molecular weight is 504 g/mol. The molecule has 0 saturated carbocycles. The lowest BCUT2D eigenvalue weighted by atomic mass is 10.1. The second-order valence-corrected chi connectivity index (χ2v) is 8.31. The van der Waals surface area contributed by atoms with Gasteiger partial charge in [0, 0.05) is 5.69 Å². The van der Waals surface area contributed by atoms with Gasteiger partial charge in [0.2, 0.25) is 0 Å². The number of hydrogen-bond donors (Lipinski definition) is 2. The number of nitriles is 1. The molecular formula is C28H26ClN3O4. The van der Waals surface area contributed by atoms with Crippen molar-refractivity contribution in [2.75, 3.05) is 23.8 Å². The monoisotopic (exact) mass is 503 g/mol. The van der Waals surface area contributed by atoms with Crippen LogP contribution in [0.15, 0.2) is 66.2 Å². The first-order valence-corrected chi connectivity index (χ1v) is 11.6. The van der Waals surface area contributed by atoms with Crippen LogP contribution in [0.25, 0.3) is 6.08 Å². The number of nitrogens with zero attached hydrogens (tertiary/aromatic N) is 1. The summed E-state index contributed by atoms with van der Waals surface area (Å²) in [5.74, 6) is -0.149. The van der Waals surface area contributed by atoms with Crippen molar-refractivity contribution in [1.29, 1.82) is 5.26 Å². The van der Waals surface area contributed by atoms with E-state index in [0.717, 1.165) is 16.8 Å². The van der Waals surface area contributed by atoms with E-state index >= 15 is 0 Å². The summed E-state index contributed by atoms with van der Waals surface area (Å²) in [6.45, 7) is 5.83. The zero-order valence-corrected chi connectivity index (χ0v) is 21.0. The van der Waals surface area contributed by atoms with Crippen molar-refractivity contribution in [3.63, 3.8) is 0 Å².